The minimum atomic E-state index is -0.247. The molecule has 1 fully saturated rings. The number of hydrogen-bond donors (Lipinski definition) is 3. The molecule has 0 saturated heterocycles. The molecule has 0 radical (unpaired) electrons. The summed E-state index contributed by atoms with van der Waals surface area (Å²) in [5, 5.41) is 16.0. The Kier molecular flexibility index (Phi) is 10.8. The highest BCUT2D eigenvalue weighted by atomic mass is 127. The molecule has 21 heavy (non-hydrogen) atoms. The molecule has 0 bridgehead atoms. The standard InChI is InChI=1S/C14H27N3O3.HI/c1-4-15-14(16-9-10(2)13(19)20-3)17-11-5-7-12(18)8-6-11;/h10-12,18H,4-9H2,1-3H3,(H2,15,16,17);1H. The summed E-state index contributed by atoms with van der Waals surface area (Å²) in [6.07, 6.45) is 3.38. The number of carbonyl (C=O) groups is 1. The largest absolute Gasteiger partial charge is 0.469 e. The van der Waals surface area contributed by atoms with Crippen molar-refractivity contribution in [1.82, 2.24) is 10.6 Å². The summed E-state index contributed by atoms with van der Waals surface area (Å²) in [5.41, 5.74) is 0. The summed E-state index contributed by atoms with van der Waals surface area (Å²) < 4.78 is 4.69. The number of nitrogens with one attached hydrogen (secondary N) is 2. The van der Waals surface area contributed by atoms with Crippen LogP contribution < -0.4 is 10.6 Å². The minimum absolute atomic E-state index is 0. The Bertz CT molecular complexity index is 331. The van der Waals surface area contributed by atoms with Gasteiger partial charge in [0.05, 0.1) is 25.7 Å². The van der Waals surface area contributed by atoms with Gasteiger partial charge < -0.3 is 20.5 Å². The number of rotatable bonds is 5. The molecule has 1 rings (SSSR count). The molecule has 6 nitrogen and oxygen atoms in total. The molecule has 1 saturated carbocycles. The number of nitrogens with zero attached hydrogens (tertiary/aromatic N) is 1. The summed E-state index contributed by atoms with van der Waals surface area (Å²) in [5.74, 6) is 0.235. The first-order valence-electron chi connectivity index (χ1n) is 7.37. The molecule has 1 aliphatic rings. The SMILES string of the molecule is CCNC(=NCC(C)C(=O)OC)NC1CCC(O)CC1.I. The normalized spacial score (nSPS) is 23.7. The average molecular weight is 413 g/mol. The van der Waals surface area contributed by atoms with Gasteiger partial charge in [-0.25, -0.2) is 0 Å². The lowest BCUT2D eigenvalue weighted by Crippen LogP contribution is -2.45. The Morgan fingerprint density at radius 1 is 1.38 bits per heavy atom. The third-order valence-electron chi connectivity index (χ3n) is 3.51. The number of aliphatic hydroxyl groups is 1. The predicted molar refractivity (Wildman–Crippen MR) is 94.0 cm³/mol. The maximum absolute atomic E-state index is 11.3. The number of hydrogen-bond acceptors (Lipinski definition) is 4. The average Bonchev–Trinajstić information content (AvgIpc) is 2.46. The second-order valence-corrected chi connectivity index (χ2v) is 5.29. The van der Waals surface area contributed by atoms with Gasteiger partial charge in [0.1, 0.15) is 0 Å². The van der Waals surface area contributed by atoms with E-state index in [1.54, 1.807) is 6.92 Å². The van der Waals surface area contributed by atoms with Gasteiger partial charge in [0.15, 0.2) is 5.96 Å². The van der Waals surface area contributed by atoms with Gasteiger partial charge in [0.2, 0.25) is 0 Å². The minimum Gasteiger partial charge on any atom is -0.469 e. The maximum atomic E-state index is 11.3. The molecule has 3 N–H and O–H groups in total. The van der Waals surface area contributed by atoms with E-state index in [4.69, 9.17) is 0 Å². The Labute approximate surface area is 144 Å². The molecule has 0 aromatic heterocycles. The van der Waals surface area contributed by atoms with Crippen LogP contribution in [-0.2, 0) is 9.53 Å². The molecule has 0 aromatic carbocycles. The lowest BCUT2D eigenvalue weighted by atomic mass is 9.93. The monoisotopic (exact) mass is 413 g/mol. The molecule has 0 amide bonds. The smallest absolute Gasteiger partial charge is 0.310 e. The summed E-state index contributed by atoms with van der Waals surface area (Å²) in [7, 11) is 1.39. The molecule has 1 unspecified atom stereocenters. The summed E-state index contributed by atoms with van der Waals surface area (Å²) in [6, 6.07) is 0.338. The third kappa shape index (κ3) is 7.85. The number of ether oxygens (including phenoxy) is 1. The van der Waals surface area contributed by atoms with Gasteiger partial charge in [-0.05, 0) is 32.6 Å². The van der Waals surface area contributed by atoms with Crippen molar-refractivity contribution in [1.29, 1.82) is 0 Å². The molecule has 124 valence electrons. The Balaban J connectivity index is 0.00000400. The zero-order valence-corrected chi connectivity index (χ0v) is 15.4. The first-order chi connectivity index (χ1) is 9.56. The van der Waals surface area contributed by atoms with Crippen LogP contribution in [0.2, 0.25) is 0 Å². The van der Waals surface area contributed by atoms with Crippen molar-refractivity contribution in [2.45, 2.75) is 51.7 Å². The van der Waals surface area contributed by atoms with Crippen LogP contribution >= 0.6 is 24.0 Å². The van der Waals surface area contributed by atoms with E-state index in [0.717, 1.165) is 38.2 Å². The first-order valence-corrected chi connectivity index (χ1v) is 7.37. The van der Waals surface area contributed by atoms with Crippen molar-refractivity contribution in [2.24, 2.45) is 10.9 Å². The fourth-order valence-electron chi connectivity index (χ4n) is 2.24. The van der Waals surface area contributed by atoms with Crippen molar-refractivity contribution in [3.8, 4) is 0 Å². The van der Waals surface area contributed by atoms with Gasteiger partial charge in [-0.15, -0.1) is 24.0 Å². The zero-order valence-electron chi connectivity index (χ0n) is 13.1. The van der Waals surface area contributed by atoms with Crippen LogP contribution in [0.4, 0.5) is 0 Å². The van der Waals surface area contributed by atoms with E-state index in [1.807, 2.05) is 6.92 Å². The van der Waals surface area contributed by atoms with Crippen LogP contribution in [0.25, 0.3) is 0 Å². The second-order valence-electron chi connectivity index (χ2n) is 5.29. The van der Waals surface area contributed by atoms with Gasteiger partial charge in [-0.3, -0.25) is 9.79 Å². The van der Waals surface area contributed by atoms with E-state index < -0.39 is 0 Å². The van der Waals surface area contributed by atoms with Crippen LogP contribution in [0, 0.1) is 5.92 Å². The molecule has 0 aliphatic heterocycles. The first kappa shape index (κ1) is 20.4. The molecule has 7 heteroatoms. The summed E-state index contributed by atoms with van der Waals surface area (Å²) in [6.45, 7) is 4.98. The van der Waals surface area contributed by atoms with Crippen LogP contribution in [0.3, 0.4) is 0 Å². The highest BCUT2D eigenvalue weighted by Crippen LogP contribution is 2.18. The molecule has 0 spiro atoms. The number of aliphatic imine (C=N–C) groups is 1. The third-order valence-corrected chi connectivity index (χ3v) is 3.51. The van der Waals surface area contributed by atoms with Crippen LogP contribution in [0.15, 0.2) is 4.99 Å². The van der Waals surface area contributed by atoms with Crippen LogP contribution in [0.5, 0.6) is 0 Å². The summed E-state index contributed by atoms with van der Waals surface area (Å²) in [4.78, 5) is 15.8. The predicted octanol–water partition coefficient (Wildman–Crippen LogP) is 1.27. The number of aliphatic hydroxyl groups excluding tert-OH is 1. The maximum Gasteiger partial charge on any atom is 0.310 e. The quantitative estimate of drug-likeness (QED) is 0.274. The fraction of sp³-hybridized carbons (Fsp3) is 0.857. The molecule has 1 aliphatic carbocycles. The van der Waals surface area contributed by atoms with E-state index in [-0.39, 0.29) is 42.0 Å². The van der Waals surface area contributed by atoms with Crippen LogP contribution in [0.1, 0.15) is 39.5 Å². The van der Waals surface area contributed by atoms with E-state index >= 15 is 0 Å². The second kappa shape index (κ2) is 11.1. The number of halogens is 1. The van der Waals surface area contributed by atoms with Gasteiger partial charge in [-0.2, -0.15) is 0 Å². The fourth-order valence-corrected chi connectivity index (χ4v) is 2.24. The van der Waals surface area contributed by atoms with Gasteiger partial charge >= 0.3 is 5.97 Å². The zero-order chi connectivity index (χ0) is 15.0. The highest BCUT2D eigenvalue weighted by Gasteiger charge is 2.20. The van der Waals surface area contributed by atoms with Gasteiger partial charge in [0, 0.05) is 12.6 Å². The lowest BCUT2D eigenvalue weighted by molar-refractivity contribution is -0.144. The van der Waals surface area contributed by atoms with E-state index in [9.17, 15) is 9.90 Å². The van der Waals surface area contributed by atoms with E-state index in [2.05, 4.69) is 20.4 Å². The van der Waals surface area contributed by atoms with E-state index in [1.165, 1.54) is 7.11 Å². The van der Waals surface area contributed by atoms with Crippen LogP contribution in [-0.4, -0.2) is 49.4 Å². The number of esters is 1. The summed E-state index contributed by atoms with van der Waals surface area (Å²) >= 11 is 0. The molecular weight excluding hydrogens is 385 g/mol. The molecule has 1 atom stereocenters. The number of carbonyl (C=O) groups excluding carboxylic acids is 1. The molecule has 0 heterocycles. The van der Waals surface area contributed by atoms with Crippen molar-refractivity contribution in [3.63, 3.8) is 0 Å². The van der Waals surface area contributed by atoms with Gasteiger partial charge in [0.25, 0.3) is 0 Å². The molecule has 0 aromatic rings. The van der Waals surface area contributed by atoms with Crippen molar-refractivity contribution in [3.05, 3.63) is 0 Å². The Hall–Kier alpha value is -0.570. The highest BCUT2D eigenvalue weighted by molar-refractivity contribution is 14.0. The number of methoxy groups -OCH3 is 1. The lowest BCUT2D eigenvalue weighted by Gasteiger charge is -2.27. The van der Waals surface area contributed by atoms with Crippen molar-refractivity contribution in [2.75, 3.05) is 20.2 Å². The molecular formula is C14H28IN3O3. The Morgan fingerprint density at radius 3 is 2.52 bits per heavy atom. The van der Waals surface area contributed by atoms with Crippen molar-refractivity contribution < 1.29 is 14.6 Å². The van der Waals surface area contributed by atoms with Crippen molar-refractivity contribution >= 4 is 35.9 Å². The number of guanidine groups is 1. The van der Waals surface area contributed by atoms with Gasteiger partial charge in [-0.1, -0.05) is 6.92 Å². The topological polar surface area (TPSA) is 83.0 Å². The van der Waals surface area contributed by atoms with E-state index in [0.29, 0.717) is 12.6 Å². The Morgan fingerprint density at radius 2 is 2.00 bits per heavy atom.